The maximum atomic E-state index is 12.9. The lowest BCUT2D eigenvalue weighted by Gasteiger charge is -2.32. The number of carbonyl (C=O) groups excluding carboxylic acids is 1. The summed E-state index contributed by atoms with van der Waals surface area (Å²) in [6, 6.07) is 16.7. The summed E-state index contributed by atoms with van der Waals surface area (Å²) < 4.78 is 0. The average Bonchev–Trinajstić information content (AvgIpc) is 2.74. The van der Waals surface area contributed by atoms with E-state index in [2.05, 4.69) is 61.2 Å². The molecular weight excluding hydrogens is 322 g/mol. The van der Waals surface area contributed by atoms with E-state index in [9.17, 15) is 4.79 Å². The fraction of sp³-hybridized carbons (Fsp3) is 0.409. The molecule has 26 heavy (non-hydrogen) atoms. The van der Waals surface area contributed by atoms with Crippen molar-refractivity contribution < 1.29 is 4.79 Å². The van der Waals surface area contributed by atoms with E-state index >= 15 is 0 Å². The van der Waals surface area contributed by atoms with Crippen molar-refractivity contribution in [3.05, 3.63) is 59.7 Å². The van der Waals surface area contributed by atoms with E-state index in [-0.39, 0.29) is 5.91 Å². The van der Waals surface area contributed by atoms with Crippen LogP contribution in [0, 0.1) is 0 Å². The van der Waals surface area contributed by atoms with E-state index in [1.54, 1.807) is 0 Å². The van der Waals surface area contributed by atoms with E-state index in [0.717, 1.165) is 37.2 Å². The average molecular weight is 351 g/mol. The number of anilines is 2. The number of nitrogens with zero attached hydrogens (tertiary/aromatic N) is 2. The van der Waals surface area contributed by atoms with Crippen molar-refractivity contribution in [1.29, 1.82) is 0 Å². The van der Waals surface area contributed by atoms with Crippen molar-refractivity contribution in [2.45, 2.75) is 31.6 Å². The minimum Gasteiger partial charge on any atom is -0.369 e. The predicted molar refractivity (Wildman–Crippen MR) is 108 cm³/mol. The zero-order valence-corrected chi connectivity index (χ0v) is 16.0. The Balaban J connectivity index is 2.18. The molecule has 0 aliphatic carbocycles. The molecule has 1 atom stereocenters. The first-order valence-electron chi connectivity index (χ1n) is 9.39. The molecule has 138 valence electrons. The topological polar surface area (TPSA) is 49.6 Å². The lowest BCUT2D eigenvalue weighted by molar-refractivity contribution is -0.123. The van der Waals surface area contributed by atoms with Gasteiger partial charge in [-0.05, 0) is 70.1 Å². The first-order chi connectivity index (χ1) is 12.5. The molecule has 2 aromatic rings. The minimum absolute atomic E-state index is 0.225. The van der Waals surface area contributed by atoms with Crippen LogP contribution in [0.5, 0.6) is 0 Å². The Morgan fingerprint density at radius 3 is 2.42 bits per heavy atom. The zero-order chi connectivity index (χ0) is 18.7. The molecule has 4 nitrogen and oxygen atoms in total. The summed E-state index contributed by atoms with van der Waals surface area (Å²) in [5, 5.41) is 0. The van der Waals surface area contributed by atoms with Gasteiger partial charge in [-0.1, -0.05) is 36.4 Å². The molecular formula is C22H29N3O. The molecule has 0 bridgehead atoms. The first kappa shape index (κ1) is 18.5. The number of hydrogen-bond acceptors (Lipinski definition) is 3. The standard InChI is InChI=1S/C22H29N3O/c1-4-25-19-12-7-5-10-17(19)16-22(21(23)26,14-9-15-24(2)3)18-11-6-8-13-20(18)25/h5-8,10-13H,4,9,14-16H2,1-3H3,(H2,23,26). The van der Waals surface area contributed by atoms with Crippen molar-refractivity contribution in [3.63, 3.8) is 0 Å². The van der Waals surface area contributed by atoms with Crippen LogP contribution in [-0.2, 0) is 16.6 Å². The van der Waals surface area contributed by atoms with Crippen LogP contribution in [-0.4, -0.2) is 38.0 Å². The van der Waals surface area contributed by atoms with Gasteiger partial charge in [-0.25, -0.2) is 0 Å². The number of rotatable bonds is 6. The van der Waals surface area contributed by atoms with Crippen molar-refractivity contribution in [3.8, 4) is 0 Å². The van der Waals surface area contributed by atoms with Gasteiger partial charge in [0.1, 0.15) is 0 Å². The highest BCUT2D eigenvalue weighted by Crippen LogP contribution is 2.46. The van der Waals surface area contributed by atoms with Crippen LogP contribution in [0.15, 0.2) is 48.5 Å². The van der Waals surface area contributed by atoms with Gasteiger partial charge in [0.2, 0.25) is 5.91 Å². The van der Waals surface area contributed by atoms with Crippen LogP contribution in [0.2, 0.25) is 0 Å². The van der Waals surface area contributed by atoms with Gasteiger partial charge >= 0.3 is 0 Å². The van der Waals surface area contributed by atoms with Gasteiger partial charge in [-0.2, -0.15) is 0 Å². The molecule has 0 aromatic heterocycles. The molecule has 1 unspecified atom stereocenters. The number of fused-ring (bicyclic) bond motifs is 2. The summed E-state index contributed by atoms with van der Waals surface area (Å²) in [6.45, 7) is 3.94. The van der Waals surface area contributed by atoms with Crippen molar-refractivity contribution >= 4 is 17.3 Å². The Bertz CT molecular complexity index is 786. The molecule has 1 aliphatic heterocycles. The van der Waals surface area contributed by atoms with Gasteiger partial charge in [0.05, 0.1) is 5.41 Å². The van der Waals surface area contributed by atoms with Crippen LogP contribution in [0.4, 0.5) is 11.4 Å². The lowest BCUT2D eigenvalue weighted by atomic mass is 9.71. The number of hydrogen-bond donors (Lipinski definition) is 1. The van der Waals surface area contributed by atoms with Gasteiger partial charge in [0.25, 0.3) is 0 Å². The van der Waals surface area contributed by atoms with Gasteiger partial charge in [0.15, 0.2) is 0 Å². The van der Waals surface area contributed by atoms with Crippen molar-refractivity contribution in [2.75, 3.05) is 32.1 Å². The van der Waals surface area contributed by atoms with Gasteiger partial charge in [-0.15, -0.1) is 0 Å². The molecule has 2 aromatic carbocycles. The highest BCUT2D eigenvalue weighted by Gasteiger charge is 2.43. The molecule has 1 amide bonds. The number of carbonyl (C=O) groups is 1. The van der Waals surface area contributed by atoms with Crippen LogP contribution < -0.4 is 10.6 Å². The van der Waals surface area contributed by atoms with Crippen molar-refractivity contribution in [1.82, 2.24) is 4.90 Å². The minimum atomic E-state index is -0.674. The molecule has 0 radical (unpaired) electrons. The van der Waals surface area contributed by atoms with Crippen LogP contribution in [0.3, 0.4) is 0 Å². The SMILES string of the molecule is CCN1c2ccccc2CC(CCCN(C)C)(C(N)=O)c2ccccc21. The van der Waals surface area contributed by atoms with Crippen LogP contribution >= 0.6 is 0 Å². The highest BCUT2D eigenvalue weighted by molar-refractivity contribution is 5.91. The maximum Gasteiger partial charge on any atom is 0.228 e. The molecule has 4 heteroatoms. The molecule has 1 aliphatic rings. The summed E-state index contributed by atoms with van der Waals surface area (Å²) in [6.07, 6.45) is 2.33. The molecule has 0 saturated heterocycles. The quantitative estimate of drug-likeness (QED) is 0.867. The van der Waals surface area contributed by atoms with Gasteiger partial charge in [0, 0.05) is 17.9 Å². The molecule has 3 rings (SSSR count). The number of benzene rings is 2. The largest absolute Gasteiger partial charge is 0.369 e. The third-order valence-corrected chi connectivity index (χ3v) is 5.48. The lowest BCUT2D eigenvalue weighted by Crippen LogP contribution is -2.43. The van der Waals surface area contributed by atoms with Crippen LogP contribution in [0.1, 0.15) is 30.9 Å². The summed E-state index contributed by atoms with van der Waals surface area (Å²) in [7, 11) is 4.12. The first-order valence-corrected chi connectivity index (χ1v) is 9.39. The fourth-order valence-electron chi connectivity index (χ4n) is 4.19. The Labute approximate surface area is 156 Å². The number of nitrogens with two attached hydrogens (primary N) is 1. The maximum absolute atomic E-state index is 12.9. The second-order valence-electron chi connectivity index (χ2n) is 7.42. The molecule has 2 N–H and O–H groups in total. The Kier molecular flexibility index (Phi) is 5.33. The zero-order valence-electron chi connectivity index (χ0n) is 16.0. The third-order valence-electron chi connectivity index (χ3n) is 5.48. The van der Waals surface area contributed by atoms with Crippen molar-refractivity contribution in [2.24, 2.45) is 5.73 Å². The summed E-state index contributed by atoms with van der Waals surface area (Å²) in [5.74, 6) is -0.225. The monoisotopic (exact) mass is 351 g/mol. The summed E-state index contributed by atoms with van der Waals surface area (Å²) in [4.78, 5) is 17.3. The second kappa shape index (κ2) is 7.50. The van der Waals surface area contributed by atoms with E-state index < -0.39 is 5.41 Å². The van der Waals surface area contributed by atoms with E-state index in [4.69, 9.17) is 5.73 Å². The molecule has 0 spiro atoms. The third kappa shape index (κ3) is 3.21. The molecule has 1 heterocycles. The van der Waals surface area contributed by atoms with Gasteiger partial charge < -0.3 is 15.5 Å². The van der Waals surface area contributed by atoms with Crippen LogP contribution in [0.25, 0.3) is 0 Å². The smallest absolute Gasteiger partial charge is 0.228 e. The number of amides is 1. The van der Waals surface area contributed by atoms with Gasteiger partial charge in [-0.3, -0.25) is 4.79 Å². The molecule has 0 saturated carbocycles. The normalized spacial score (nSPS) is 19.0. The summed E-state index contributed by atoms with van der Waals surface area (Å²) >= 11 is 0. The summed E-state index contributed by atoms with van der Waals surface area (Å²) in [5.41, 5.74) is 9.93. The second-order valence-corrected chi connectivity index (χ2v) is 7.42. The Hall–Kier alpha value is -2.33. The van der Waals surface area contributed by atoms with E-state index in [1.807, 2.05) is 18.2 Å². The fourth-order valence-corrected chi connectivity index (χ4v) is 4.19. The Morgan fingerprint density at radius 1 is 1.12 bits per heavy atom. The van der Waals surface area contributed by atoms with E-state index in [1.165, 1.54) is 11.3 Å². The number of para-hydroxylation sites is 2. The Morgan fingerprint density at radius 2 is 1.77 bits per heavy atom. The predicted octanol–water partition coefficient (Wildman–Crippen LogP) is 3.47. The number of primary amides is 1. The van der Waals surface area contributed by atoms with E-state index in [0.29, 0.717) is 6.42 Å². The molecule has 0 fully saturated rings. The highest BCUT2D eigenvalue weighted by atomic mass is 16.1.